The molecule has 0 aromatic carbocycles. The summed E-state index contributed by atoms with van der Waals surface area (Å²) in [4.78, 5) is 17.8. The van der Waals surface area contributed by atoms with Crippen LogP contribution in [0.15, 0.2) is 23.0 Å². The molecule has 0 fully saturated rings. The van der Waals surface area contributed by atoms with Gasteiger partial charge in [-0.2, -0.15) is 0 Å². The number of rotatable bonds is 0. The second-order valence-corrected chi connectivity index (χ2v) is 3.20. The molecule has 0 unspecified atom stereocenters. The third-order valence-corrected chi connectivity index (χ3v) is 2.07. The molecule has 1 N–H and O–H groups in total. The second kappa shape index (κ2) is 2.85. The van der Waals surface area contributed by atoms with Crippen molar-refractivity contribution >= 4 is 22.5 Å². The highest BCUT2D eigenvalue weighted by Crippen LogP contribution is 2.16. The van der Waals surface area contributed by atoms with Gasteiger partial charge in [-0.1, -0.05) is 11.6 Å². The summed E-state index contributed by atoms with van der Waals surface area (Å²) in [6.45, 7) is 1.85. The summed E-state index contributed by atoms with van der Waals surface area (Å²) in [5.74, 6) is 0. The molecule has 3 nitrogen and oxygen atoms in total. The van der Waals surface area contributed by atoms with E-state index in [1.54, 1.807) is 12.1 Å². The number of aromatic nitrogens is 2. The minimum Gasteiger partial charge on any atom is -0.322 e. The van der Waals surface area contributed by atoms with Crippen LogP contribution in [0, 0.1) is 6.92 Å². The van der Waals surface area contributed by atoms with E-state index < -0.39 is 0 Å². The van der Waals surface area contributed by atoms with Crippen LogP contribution in [0.25, 0.3) is 10.9 Å². The van der Waals surface area contributed by atoms with Crippen LogP contribution in [0.1, 0.15) is 5.69 Å². The first-order chi connectivity index (χ1) is 6.16. The Morgan fingerprint density at radius 1 is 1.46 bits per heavy atom. The van der Waals surface area contributed by atoms with E-state index in [1.807, 2.05) is 6.92 Å². The SMILES string of the molecule is Cc1nc(Cl)cc2[nH]c(=O)ccc12. The van der Waals surface area contributed by atoms with Crippen LogP contribution in [0.5, 0.6) is 0 Å². The molecular formula is C9H7ClN2O. The van der Waals surface area contributed by atoms with Crippen molar-refractivity contribution in [2.75, 3.05) is 0 Å². The largest absolute Gasteiger partial charge is 0.322 e. The van der Waals surface area contributed by atoms with Crippen molar-refractivity contribution in [3.8, 4) is 0 Å². The minimum absolute atomic E-state index is 0.130. The number of pyridine rings is 2. The number of aryl methyl sites for hydroxylation is 1. The number of nitrogens with one attached hydrogen (secondary N) is 1. The Balaban J connectivity index is 2.94. The molecule has 2 aromatic rings. The number of hydrogen-bond acceptors (Lipinski definition) is 2. The fourth-order valence-corrected chi connectivity index (χ4v) is 1.53. The van der Waals surface area contributed by atoms with Crippen molar-refractivity contribution in [2.45, 2.75) is 6.92 Å². The van der Waals surface area contributed by atoms with Crippen LogP contribution >= 0.6 is 11.6 Å². The fourth-order valence-electron chi connectivity index (χ4n) is 1.29. The Bertz CT molecular complexity index is 518. The third kappa shape index (κ3) is 1.42. The lowest BCUT2D eigenvalue weighted by molar-refractivity contribution is 1.21. The van der Waals surface area contributed by atoms with Crippen LogP contribution in [0.4, 0.5) is 0 Å². The monoisotopic (exact) mass is 194 g/mol. The highest BCUT2D eigenvalue weighted by Gasteiger charge is 2.00. The van der Waals surface area contributed by atoms with Crippen LogP contribution in [0.2, 0.25) is 5.15 Å². The van der Waals surface area contributed by atoms with Crippen molar-refractivity contribution in [1.29, 1.82) is 0 Å². The Labute approximate surface area is 79.4 Å². The van der Waals surface area contributed by atoms with Gasteiger partial charge in [-0.15, -0.1) is 0 Å². The van der Waals surface area contributed by atoms with E-state index in [2.05, 4.69) is 9.97 Å². The van der Waals surface area contributed by atoms with Gasteiger partial charge >= 0.3 is 0 Å². The Kier molecular flexibility index (Phi) is 1.81. The van der Waals surface area contributed by atoms with Gasteiger partial charge in [0.1, 0.15) is 5.15 Å². The second-order valence-electron chi connectivity index (χ2n) is 2.81. The van der Waals surface area contributed by atoms with Crippen LogP contribution < -0.4 is 5.56 Å². The molecule has 2 rings (SSSR count). The van der Waals surface area contributed by atoms with Crippen molar-refractivity contribution < 1.29 is 0 Å². The third-order valence-electron chi connectivity index (χ3n) is 1.88. The van der Waals surface area contributed by atoms with Crippen molar-refractivity contribution in [3.05, 3.63) is 39.4 Å². The lowest BCUT2D eigenvalue weighted by Crippen LogP contribution is -2.03. The maximum atomic E-state index is 11.0. The van der Waals surface area contributed by atoms with Gasteiger partial charge in [0.25, 0.3) is 0 Å². The molecule has 66 valence electrons. The molecule has 0 aliphatic rings. The van der Waals surface area contributed by atoms with E-state index in [4.69, 9.17) is 11.6 Å². The molecule has 2 heterocycles. The number of H-pyrrole nitrogens is 1. The number of hydrogen-bond donors (Lipinski definition) is 1. The van der Waals surface area contributed by atoms with E-state index >= 15 is 0 Å². The molecule has 0 spiro atoms. The summed E-state index contributed by atoms with van der Waals surface area (Å²) in [6.07, 6.45) is 0. The van der Waals surface area contributed by atoms with Gasteiger partial charge in [0, 0.05) is 17.1 Å². The van der Waals surface area contributed by atoms with E-state index in [0.29, 0.717) is 5.15 Å². The zero-order chi connectivity index (χ0) is 9.42. The molecule has 0 aliphatic carbocycles. The highest BCUT2D eigenvalue weighted by molar-refractivity contribution is 6.30. The first kappa shape index (κ1) is 8.26. The average molecular weight is 195 g/mol. The van der Waals surface area contributed by atoms with Crippen molar-refractivity contribution in [2.24, 2.45) is 0 Å². The molecule has 0 aliphatic heterocycles. The van der Waals surface area contributed by atoms with Crippen LogP contribution in [0.3, 0.4) is 0 Å². The summed E-state index contributed by atoms with van der Waals surface area (Å²) >= 11 is 5.74. The molecule has 0 saturated carbocycles. The maximum absolute atomic E-state index is 11.0. The van der Waals surface area contributed by atoms with Gasteiger partial charge in [0.15, 0.2) is 0 Å². The molecule has 13 heavy (non-hydrogen) atoms. The standard InChI is InChI=1S/C9H7ClN2O/c1-5-6-2-3-9(13)12-7(6)4-8(10)11-5/h2-4H,1H3,(H,12,13). The van der Waals surface area contributed by atoms with Gasteiger partial charge in [0.2, 0.25) is 5.56 Å². The number of halogens is 1. The molecule has 4 heteroatoms. The van der Waals surface area contributed by atoms with E-state index in [9.17, 15) is 4.79 Å². The lowest BCUT2D eigenvalue weighted by atomic mass is 10.2. The summed E-state index contributed by atoms with van der Waals surface area (Å²) in [5, 5.41) is 1.32. The van der Waals surface area contributed by atoms with Crippen molar-refractivity contribution in [1.82, 2.24) is 9.97 Å². The molecule has 0 radical (unpaired) electrons. The summed E-state index contributed by atoms with van der Waals surface area (Å²) in [7, 11) is 0. The van der Waals surface area contributed by atoms with E-state index in [-0.39, 0.29) is 5.56 Å². The predicted octanol–water partition coefficient (Wildman–Crippen LogP) is 1.88. The minimum atomic E-state index is -0.130. The summed E-state index contributed by atoms with van der Waals surface area (Å²) in [5.41, 5.74) is 1.41. The smallest absolute Gasteiger partial charge is 0.248 e. The molecule has 0 amide bonds. The first-order valence-corrected chi connectivity index (χ1v) is 4.21. The van der Waals surface area contributed by atoms with Gasteiger partial charge in [-0.05, 0) is 19.1 Å². The molecule has 0 saturated heterocycles. The van der Waals surface area contributed by atoms with Crippen LogP contribution in [-0.4, -0.2) is 9.97 Å². The Morgan fingerprint density at radius 3 is 3.00 bits per heavy atom. The molecule has 0 bridgehead atoms. The van der Waals surface area contributed by atoms with Gasteiger partial charge in [0.05, 0.1) is 5.52 Å². The highest BCUT2D eigenvalue weighted by atomic mass is 35.5. The zero-order valence-corrected chi connectivity index (χ0v) is 7.72. The fraction of sp³-hybridized carbons (Fsp3) is 0.111. The first-order valence-electron chi connectivity index (χ1n) is 3.83. The van der Waals surface area contributed by atoms with Gasteiger partial charge in [-0.3, -0.25) is 4.79 Å². The normalized spacial score (nSPS) is 10.6. The van der Waals surface area contributed by atoms with Crippen molar-refractivity contribution in [3.63, 3.8) is 0 Å². The summed E-state index contributed by atoms with van der Waals surface area (Å²) in [6, 6.07) is 4.86. The van der Waals surface area contributed by atoms with E-state index in [1.165, 1.54) is 6.07 Å². The zero-order valence-electron chi connectivity index (χ0n) is 6.97. The number of aromatic amines is 1. The lowest BCUT2D eigenvalue weighted by Gasteiger charge is -2.00. The van der Waals surface area contributed by atoms with Gasteiger partial charge in [-0.25, -0.2) is 4.98 Å². The Hall–Kier alpha value is -1.35. The maximum Gasteiger partial charge on any atom is 0.248 e. The number of fused-ring (bicyclic) bond motifs is 1. The topological polar surface area (TPSA) is 45.8 Å². The van der Waals surface area contributed by atoms with Crippen LogP contribution in [-0.2, 0) is 0 Å². The Morgan fingerprint density at radius 2 is 2.23 bits per heavy atom. The van der Waals surface area contributed by atoms with Gasteiger partial charge < -0.3 is 4.98 Å². The average Bonchev–Trinajstić information content (AvgIpc) is 2.02. The molecule has 2 aromatic heterocycles. The number of nitrogens with zero attached hydrogens (tertiary/aromatic N) is 1. The predicted molar refractivity (Wildman–Crippen MR) is 52.1 cm³/mol. The molecular weight excluding hydrogens is 188 g/mol. The quantitative estimate of drug-likeness (QED) is 0.651. The van der Waals surface area contributed by atoms with E-state index in [0.717, 1.165) is 16.6 Å². The summed E-state index contributed by atoms with van der Waals surface area (Å²) < 4.78 is 0. The molecule has 0 atom stereocenters.